The van der Waals surface area contributed by atoms with Crippen molar-refractivity contribution < 1.29 is 14.3 Å². The highest BCUT2D eigenvalue weighted by molar-refractivity contribution is 6.17. The molecule has 78 valence electrons. The maximum absolute atomic E-state index is 10.9. The number of carbonyl (C=O) groups is 1. The minimum Gasteiger partial charge on any atom is -0.430 e. The largest absolute Gasteiger partial charge is 0.509 e. The fourth-order valence-electron chi connectivity index (χ4n) is 1.23. The van der Waals surface area contributed by atoms with Crippen LogP contribution >= 0.6 is 11.6 Å². The first kappa shape index (κ1) is 12.6. The highest BCUT2D eigenvalue weighted by Crippen LogP contribution is 2.16. The monoisotopic (exact) mass is 208 g/mol. The maximum atomic E-state index is 10.9. The van der Waals surface area contributed by atoms with Gasteiger partial charge in [-0.15, -0.1) is 0 Å². The molecule has 0 aliphatic heterocycles. The van der Waals surface area contributed by atoms with Crippen LogP contribution in [0.15, 0.2) is 0 Å². The van der Waals surface area contributed by atoms with Crippen molar-refractivity contribution >= 4 is 17.8 Å². The van der Waals surface area contributed by atoms with Crippen LogP contribution < -0.4 is 0 Å². The number of carbonyl (C=O) groups excluding carboxylic acids is 1. The summed E-state index contributed by atoms with van der Waals surface area (Å²) < 4.78 is 9.55. The van der Waals surface area contributed by atoms with Crippen LogP contribution in [0.25, 0.3) is 0 Å². The second kappa shape index (κ2) is 6.08. The molecule has 0 aliphatic carbocycles. The molecule has 0 atom stereocenters. The zero-order valence-corrected chi connectivity index (χ0v) is 9.30. The molecule has 4 heteroatoms. The molecule has 0 rings (SSSR count). The molecule has 0 fully saturated rings. The summed E-state index contributed by atoms with van der Waals surface area (Å²) in [5, 5.41) is 0. The molecule has 0 heterocycles. The van der Waals surface area contributed by atoms with Gasteiger partial charge in [-0.05, 0) is 11.8 Å². The van der Waals surface area contributed by atoms with Crippen molar-refractivity contribution in [1.29, 1.82) is 0 Å². The molecule has 0 saturated heterocycles. The summed E-state index contributed by atoms with van der Waals surface area (Å²) in [6.45, 7) is 7.99. The lowest BCUT2D eigenvalue weighted by Gasteiger charge is -2.23. The average Bonchev–Trinajstić information content (AvgIpc) is 1.99. The first-order chi connectivity index (χ1) is 5.99. The van der Waals surface area contributed by atoms with Crippen LogP contribution in [0.5, 0.6) is 0 Å². The molecular weight excluding hydrogens is 192 g/mol. The van der Waals surface area contributed by atoms with Gasteiger partial charge in [-0.25, -0.2) is 4.79 Å². The molecule has 0 N–H and O–H groups in total. The van der Waals surface area contributed by atoms with E-state index in [1.165, 1.54) is 0 Å². The fraction of sp³-hybridized carbons (Fsp3) is 0.889. The molecule has 13 heavy (non-hydrogen) atoms. The topological polar surface area (TPSA) is 35.5 Å². The van der Waals surface area contributed by atoms with E-state index < -0.39 is 6.16 Å². The van der Waals surface area contributed by atoms with Crippen LogP contribution in [0.1, 0.15) is 27.7 Å². The summed E-state index contributed by atoms with van der Waals surface area (Å²) in [6, 6.07) is -0.165. The van der Waals surface area contributed by atoms with Gasteiger partial charge in [0.2, 0.25) is 0 Å². The molecule has 0 radical (unpaired) electrons. The Bertz CT molecular complexity index is 149. The molecule has 0 aromatic heterocycles. The minimum atomic E-state index is -0.692. The Kier molecular flexibility index (Phi) is 5.88. The van der Waals surface area contributed by atoms with Gasteiger partial charge in [0.05, 0.1) is 0 Å². The molecule has 3 nitrogen and oxygen atoms in total. The van der Waals surface area contributed by atoms with Gasteiger partial charge in [-0.3, -0.25) is 0 Å². The standard InChI is InChI=1S/C9H17ClO3/c1-6(2)8(7(3)4)13-9(11)12-5-10/h6-8H,5H2,1-4H3. The zero-order chi connectivity index (χ0) is 10.4. The van der Waals surface area contributed by atoms with E-state index in [1.54, 1.807) is 0 Å². The van der Waals surface area contributed by atoms with Gasteiger partial charge >= 0.3 is 6.16 Å². The molecule has 0 aromatic carbocycles. The van der Waals surface area contributed by atoms with Crippen LogP contribution in [0.4, 0.5) is 4.79 Å². The summed E-state index contributed by atoms with van der Waals surface area (Å²) in [6.07, 6.45) is -0.807. The Morgan fingerprint density at radius 2 is 1.69 bits per heavy atom. The van der Waals surface area contributed by atoms with Crippen LogP contribution in [0.2, 0.25) is 0 Å². The van der Waals surface area contributed by atoms with Crippen LogP contribution in [-0.4, -0.2) is 18.3 Å². The van der Waals surface area contributed by atoms with E-state index in [9.17, 15) is 4.79 Å². The molecule has 0 aromatic rings. The Morgan fingerprint density at radius 3 is 2.00 bits per heavy atom. The number of hydrogen-bond donors (Lipinski definition) is 0. The number of ether oxygens (including phenoxy) is 2. The van der Waals surface area contributed by atoms with E-state index in [-0.39, 0.29) is 24.0 Å². The maximum Gasteiger partial charge on any atom is 0.509 e. The third kappa shape index (κ3) is 4.98. The molecule has 0 spiro atoms. The molecule has 0 aliphatic rings. The lowest BCUT2D eigenvalue weighted by Crippen LogP contribution is -2.29. The Balaban J connectivity index is 4.02. The molecular formula is C9H17ClO3. The van der Waals surface area contributed by atoms with Crippen LogP contribution in [0, 0.1) is 11.8 Å². The van der Waals surface area contributed by atoms with Crippen LogP contribution in [-0.2, 0) is 9.47 Å². The fourth-order valence-corrected chi connectivity index (χ4v) is 1.32. The summed E-state index contributed by atoms with van der Waals surface area (Å²) in [7, 11) is 0. The number of halogens is 1. The Hall–Kier alpha value is -0.440. The number of hydrogen-bond acceptors (Lipinski definition) is 3. The van der Waals surface area contributed by atoms with Crippen LogP contribution in [0.3, 0.4) is 0 Å². The second-order valence-corrected chi connectivity index (χ2v) is 3.79. The van der Waals surface area contributed by atoms with Crippen molar-refractivity contribution in [1.82, 2.24) is 0 Å². The Labute approximate surface area is 84.4 Å². The first-order valence-corrected chi connectivity index (χ1v) is 4.91. The lowest BCUT2D eigenvalue weighted by molar-refractivity contribution is -0.00377. The third-order valence-corrected chi connectivity index (χ3v) is 1.83. The van der Waals surface area contributed by atoms with Crippen molar-refractivity contribution in [2.75, 3.05) is 6.07 Å². The van der Waals surface area contributed by atoms with Gasteiger partial charge in [-0.1, -0.05) is 39.3 Å². The predicted molar refractivity (Wildman–Crippen MR) is 51.8 cm³/mol. The third-order valence-electron chi connectivity index (χ3n) is 1.72. The zero-order valence-electron chi connectivity index (χ0n) is 8.54. The van der Waals surface area contributed by atoms with Gasteiger partial charge in [0.25, 0.3) is 0 Å². The normalized spacial score (nSPS) is 11.1. The first-order valence-electron chi connectivity index (χ1n) is 4.38. The van der Waals surface area contributed by atoms with E-state index in [1.807, 2.05) is 27.7 Å². The SMILES string of the molecule is CC(C)C(OC(=O)OCCl)C(C)C. The highest BCUT2D eigenvalue weighted by Gasteiger charge is 2.22. The van der Waals surface area contributed by atoms with Gasteiger partial charge in [0, 0.05) is 0 Å². The molecule has 0 saturated carbocycles. The highest BCUT2D eigenvalue weighted by atomic mass is 35.5. The minimum absolute atomic E-state index is 0.115. The van der Waals surface area contributed by atoms with Gasteiger partial charge < -0.3 is 9.47 Å². The van der Waals surface area contributed by atoms with E-state index in [4.69, 9.17) is 16.3 Å². The number of rotatable bonds is 4. The second-order valence-electron chi connectivity index (χ2n) is 3.57. The molecule has 0 amide bonds. The number of alkyl halides is 1. The van der Waals surface area contributed by atoms with Gasteiger partial charge in [0.15, 0.2) is 6.07 Å². The lowest BCUT2D eigenvalue weighted by atomic mass is 9.96. The van der Waals surface area contributed by atoms with Crippen molar-refractivity contribution in [3.63, 3.8) is 0 Å². The van der Waals surface area contributed by atoms with E-state index in [2.05, 4.69) is 4.74 Å². The molecule has 0 bridgehead atoms. The summed E-state index contributed by atoms with van der Waals surface area (Å²) in [5.41, 5.74) is 0. The molecule has 0 unspecified atom stereocenters. The van der Waals surface area contributed by atoms with Crippen molar-refractivity contribution in [3.05, 3.63) is 0 Å². The predicted octanol–water partition coefficient (Wildman–Crippen LogP) is 3.02. The summed E-state index contributed by atoms with van der Waals surface area (Å²) >= 11 is 5.22. The summed E-state index contributed by atoms with van der Waals surface area (Å²) in [5.74, 6) is 0.561. The van der Waals surface area contributed by atoms with Crippen molar-refractivity contribution in [3.8, 4) is 0 Å². The van der Waals surface area contributed by atoms with Crippen molar-refractivity contribution in [2.24, 2.45) is 11.8 Å². The van der Waals surface area contributed by atoms with Crippen molar-refractivity contribution in [2.45, 2.75) is 33.8 Å². The quantitative estimate of drug-likeness (QED) is 0.526. The average molecular weight is 209 g/mol. The summed E-state index contributed by atoms with van der Waals surface area (Å²) in [4.78, 5) is 10.9. The smallest absolute Gasteiger partial charge is 0.430 e. The van der Waals surface area contributed by atoms with E-state index in [0.717, 1.165) is 0 Å². The van der Waals surface area contributed by atoms with Gasteiger partial charge in [-0.2, -0.15) is 0 Å². The Morgan fingerprint density at radius 1 is 1.23 bits per heavy atom. The van der Waals surface area contributed by atoms with E-state index in [0.29, 0.717) is 0 Å². The van der Waals surface area contributed by atoms with Gasteiger partial charge in [0.1, 0.15) is 6.10 Å². The van der Waals surface area contributed by atoms with E-state index >= 15 is 0 Å².